The molecule has 4 nitrogen and oxygen atoms in total. The number of carbonyl (C=O) groups is 2. The van der Waals surface area contributed by atoms with Gasteiger partial charge in [0.1, 0.15) is 5.82 Å². The van der Waals surface area contributed by atoms with Crippen molar-refractivity contribution in [1.82, 2.24) is 0 Å². The SMILES string of the molecule is CCC1(CC)OC2C(=O)N(c3ccc(F)cc3)C(=O)C2=Cc2ccccc21. The highest BCUT2D eigenvalue weighted by molar-refractivity contribution is 6.32. The highest BCUT2D eigenvalue weighted by Gasteiger charge is 2.50. The van der Waals surface area contributed by atoms with Crippen LogP contribution in [0.3, 0.4) is 0 Å². The van der Waals surface area contributed by atoms with E-state index in [4.69, 9.17) is 4.74 Å². The second kappa shape index (κ2) is 6.43. The molecule has 2 aliphatic rings. The van der Waals surface area contributed by atoms with Gasteiger partial charge in [-0.25, -0.2) is 9.29 Å². The molecule has 1 saturated heterocycles. The molecule has 138 valence electrons. The minimum Gasteiger partial charge on any atom is -0.352 e. The molecule has 27 heavy (non-hydrogen) atoms. The van der Waals surface area contributed by atoms with Crippen LogP contribution in [-0.4, -0.2) is 17.9 Å². The molecule has 0 saturated carbocycles. The first-order valence-electron chi connectivity index (χ1n) is 9.13. The lowest BCUT2D eigenvalue weighted by Gasteiger charge is -2.34. The Hall–Kier alpha value is -2.79. The Balaban J connectivity index is 1.85. The fraction of sp³-hybridized carbons (Fsp3) is 0.273. The molecule has 0 N–H and O–H groups in total. The van der Waals surface area contributed by atoms with Crippen LogP contribution in [0.5, 0.6) is 0 Å². The fourth-order valence-electron chi connectivity index (χ4n) is 3.97. The molecule has 2 heterocycles. The van der Waals surface area contributed by atoms with E-state index in [1.807, 2.05) is 38.1 Å². The molecular weight excluding hydrogens is 345 g/mol. The average molecular weight is 365 g/mol. The second-order valence-corrected chi connectivity index (χ2v) is 6.84. The highest BCUT2D eigenvalue weighted by atomic mass is 19.1. The van der Waals surface area contributed by atoms with Gasteiger partial charge in [-0.05, 0) is 54.3 Å². The number of nitrogens with zero attached hydrogens (tertiary/aromatic N) is 1. The largest absolute Gasteiger partial charge is 0.352 e. The zero-order chi connectivity index (χ0) is 19.2. The molecule has 0 spiro atoms. The Morgan fingerprint density at radius 2 is 1.70 bits per heavy atom. The van der Waals surface area contributed by atoms with Crippen molar-refractivity contribution in [2.45, 2.75) is 38.4 Å². The Morgan fingerprint density at radius 1 is 1.04 bits per heavy atom. The third-order valence-electron chi connectivity index (χ3n) is 5.51. The number of rotatable bonds is 3. The summed E-state index contributed by atoms with van der Waals surface area (Å²) in [6, 6.07) is 13.1. The number of ether oxygens (including phenoxy) is 1. The average Bonchev–Trinajstić information content (AvgIpc) is 2.83. The molecule has 0 bridgehead atoms. The van der Waals surface area contributed by atoms with E-state index in [1.54, 1.807) is 6.08 Å². The van der Waals surface area contributed by atoms with Crippen molar-refractivity contribution in [1.29, 1.82) is 0 Å². The van der Waals surface area contributed by atoms with E-state index in [9.17, 15) is 14.0 Å². The normalized spacial score (nSPS) is 20.8. The summed E-state index contributed by atoms with van der Waals surface area (Å²) in [5.74, 6) is -1.28. The van der Waals surface area contributed by atoms with Crippen molar-refractivity contribution in [3.05, 3.63) is 71.0 Å². The van der Waals surface area contributed by atoms with Gasteiger partial charge in [0.05, 0.1) is 16.9 Å². The smallest absolute Gasteiger partial charge is 0.268 e. The van der Waals surface area contributed by atoms with Crippen molar-refractivity contribution in [2.24, 2.45) is 0 Å². The Bertz CT molecular complexity index is 944. The molecule has 2 aliphatic heterocycles. The van der Waals surface area contributed by atoms with E-state index in [0.717, 1.165) is 16.0 Å². The van der Waals surface area contributed by atoms with E-state index in [0.29, 0.717) is 24.1 Å². The molecule has 1 fully saturated rings. The lowest BCUT2D eigenvalue weighted by Crippen LogP contribution is -2.38. The number of hydrogen-bond acceptors (Lipinski definition) is 3. The van der Waals surface area contributed by atoms with Crippen LogP contribution in [0.2, 0.25) is 0 Å². The number of imide groups is 1. The summed E-state index contributed by atoms with van der Waals surface area (Å²) in [4.78, 5) is 27.2. The van der Waals surface area contributed by atoms with Crippen LogP contribution in [0.15, 0.2) is 54.1 Å². The number of fused-ring (bicyclic) bond motifs is 2. The minimum atomic E-state index is -0.963. The summed E-state index contributed by atoms with van der Waals surface area (Å²) in [6.45, 7) is 4.04. The summed E-state index contributed by atoms with van der Waals surface area (Å²) >= 11 is 0. The van der Waals surface area contributed by atoms with Gasteiger partial charge in [0.15, 0.2) is 6.10 Å². The number of benzene rings is 2. The summed E-state index contributed by atoms with van der Waals surface area (Å²) in [6.07, 6.45) is 2.15. The number of carbonyl (C=O) groups excluding carboxylic acids is 2. The minimum absolute atomic E-state index is 0.320. The Labute approximate surface area is 157 Å². The maximum absolute atomic E-state index is 13.3. The van der Waals surface area contributed by atoms with Crippen LogP contribution >= 0.6 is 0 Å². The topological polar surface area (TPSA) is 46.6 Å². The number of amides is 2. The monoisotopic (exact) mass is 365 g/mol. The van der Waals surface area contributed by atoms with Gasteiger partial charge in [-0.2, -0.15) is 0 Å². The van der Waals surface area contributed by atoms with Crippen molar-refractivity contribution < 1.29 is 18.7 Å². The highest BCUT2D eigenvalue weighted by Crippen LogP contribution is 2.43. The van der Waals surface area contributed by atoms with Crippen LogP contribution in [0, 0.1) is 5.82 Å². The summed E-state index contributed by atoms with van der Waals surface area (Å²) in [5.41, 5.74) is 1.90. The van der Waals surface area contributed by atoms with Crippen molar-refractivity contribution in [2.75, 3.05) is 4.90 Å². The van der Waals surface area contributed by atoms with Crippen LogP contribution < -0.4 is 4.90 Å². The predicted molar refractivity (Wildman–Crippen MR) is 100 cm³/mol. The molecule has 0 aliphatic carbocycles. The lowest BCUT2D eigenvalue weighted by atomic mass is 9.85. The molecular formula is C22H20FNO3. The van der Waals surface area contributed by atoms with E-state index >= 15 is 0 Å². The zero-order valence-electron chi connectivity index (χ0n) is 15.2. The van der Waals surface area contributed by atoms with Gasteiger partial charge < -0.3 is 4.74 Å². The predicted octanol–water partition coefficient (Wildman–Crippen LogP) is 4.20. The number of anilines is 1. The maximum atomic E-state index is 13.3. The van der Waals surface area contributed by atoms with E-state index < -0.39 is 29.3 Å². The third-order valence-corrected chi connectivity index (χ3v) is 5.51. The van der Waals surface area contributed by atoms with Gasteiger partial charge >= 0.3 is 0 Å². The van der Waals surface area contributed by atoms with Gasteiger partial charge in [0.2, 0.25) is 0 Å². The molecule has 0 radical (unpaired) electrons. The first-order valence-corrected chi connectivity index (χ1v) is 9.13. The summed E-state index contributed by atoms with van der Waals surface area (Å²) in [5, 5.41) is 0. The van der Waals surface area contributed by atoms with Crippen molar-refractivity contribution in [3.63, 3.8) is 0 Å². The Kier molecular flexibility index (Phi) is 4.19. The van der Waals surface area contributed by atoms with Gasteiger partial charge in [-0.3, -0.25) is 9.59 Å². The Morgan fingerprint density at radius 3 is 2.37 bits per heavy atom. The van der Waals surface area contributed by atoms with Gasteiger partial charge in [0, 0.05) is 0 Å². The summed E-state index contributed by atoms with van der Waals surface area (Å²) < 4.78 is 19.6. The van der Waals surface area contributed by atoms with Crippen LogP contribution in [0.25, 0.3) is 6.08 Å². The zero-order valence-corrected chi connectivity index (χ0v) is 15.2. The molecule has 2 aromatic carbocycles. The standard InChI is InChI=1S/C22H20FNO3/c1-3-22(4-2)18-8-6-5-7-14(18)13-17-19(27-22)21(26)24(20(17)25)16-11-9-15(23)10-12-16/h5-13,19H,3-4H2,1-2H3. The summed E-state index contributed by atoms with van der Waals surface area (Å²) in [7, 11) is 0. The maximum Gasteiger partial charge on any atom is 0.268 e. The van der Waals surface area contributed by atoms with E-state index in [-0.39, 0.29) is 0 Å². The molecule has 2 amide bonds. The van der Waals surface area contributed by atoms with Crippen LogP contribution in [0.4, 0.5) is 10.1 Å². The number of halogens is 1. The first kappa shape index (κ1) is 17.6. The molecule has 1 unspecified atom stereocenters. The lowest BCUT2D eigenvalue weighted by molar-refractivity contribution is -0.140. The van der Waals surface area contributed by atoms with Crippen LogP contribution in [-0.2, 0) is 19.9 Å². The quantitative estimate of drug-likeness (QED) is 0.766. The molecule has 4 rings (SSSR count). The second-order valence-electron chi connectivity index (χ2n) is 6.84. The third kappa shape index (κ3) is 2.61. The molecule has 5 heteroatoms. The van der Waals surface area contributed by atoms with Gasteiger partial charge in [-0.1, -0.05) is 38.1 Å². The van der Waals surface area contributed by atoms with Crippen LogP contribution in [0.1, 0.15) is 37.8 Å². The van der Waals surface area contributed by atoms with Crippen molar-refractivity contribution in [3.8, 4) is 0 Å². The molecule has 2 aromatic rings. The number of hydrogen-bond donors (Lipinski definition) is 0. The van der Waals surface area contributed by atoms with E-state index in [1.165, 1.54) is 24.3 Å². The van der Waals surface area contributed by atoms with Gasteiger partial charge in [-0.15, -0.1) is 0 Å². The first-order chi connectivity index (χ1) is 13.0. The molecule has 1 atom stereocenters. The van der Waals surface area contributed by atoms with Crippen molar-refractivity contribution >= 4 is 23.6 Å². The molecule has 0 aromatic heterocycles. The fourth-order valence-corrected chi connectivity index (χ4v) is 3.97. The van der Waals surface area contributed by atoms with E-state index in [2.05, 4.69) is 0 Å². The van der Waals surface area contributed by atoms with Gasteiger partial charge in [0.25, 0.3) is 11.8 Å².